The average molecular weight is 825 g/mol. The summed E-state index contributed by atoms with van der Waals surface area (Å²) in [6, 6.07) is -8.33. The van der Waals surface area contributed by atoms with Crippen LogP contribution in [-0.4, -0.2) is 135 Å². The summed E-state index contributed by atoms with van der Waals surface area (Å²) >= 11 is 0. The Morgan fingerprint density at radius 2 is 1.31 bits per heavy atom. The summed E-state index contributed by atoms with van der Waals surface area (Å²) in [5.74, 6) is -8.74. The summed E-state index contributed by atoms with van der Waals surface area (Å²) in [4.78, 5) is 124. The van der Waals surface area contributed by atoms with E-state index in [-0.39, 0.29) is 69.8 Å². The van der Waals surface area contributed by atoms with E-state index in [2.05, 4.69) is 46.9 Å². The number of aliphatic hydroxyl groups is 1. The van der Waals surface area contributed by atoms with Gasteiger partial charge in [-0.3, -0.25) is 43.3 Å². The van der Waals surface area contributed by atoms with Crippen molar-refractivity contribution in [2.24, 2.45) is 39.6 Å². The second-order valence-corrected chi connectivity index (χ2v) is 13.6. The van der Waals surface area contributed by atoms with Crippen molar-refractivity contribution in [2.75, 3.05) is 19.7 Å². The molecule has 0 fully saturated rings. The number of primary amides is 2. The first kappa shape index (κ1) is 49.6. The lowest BCUT2D eigenvalue weighted by atomic mass is 10.0. The molecule has 0 saturated carbocycles. The van der Waals surface area contributed by atoms with Crippen LogP contribution in [0.1, 0.15) is 64.5 Å². The van der Waals surface area contributed by atoms with E-state index in [0.717, 1.165) is 0 Å². The highest BCUT2D eigenvalue weighted by Gasteiger charge is 2.32. The predicted molar refractivity (Wildman–Crippen MR) is 204 cm³/mol. The Kier molecular flexibility index (Phi) is 22.0. The van der Waals surface area contributed by atoms with Crippen LogP contribution < -0.4 is 60.6 Å². The quantitative estimate of drug-likeness (QED) is 0.0212. The molecule has 25 nitrogen and oxygen atoms in total. The number of carboxylic acids is 1. The summed E-state index contributed by atoms with van der Waals surface area (Å²) < 4.78 is 0. The number of nitrogens with zero attached hydrogens (tertiary/aromatic N) is 2. The van der Waals surface area contributed by atoms with Crippen LogP contribution in [0.15, 0.2) is 17.5 Å². The molecule has 25 heteroatoms. The maximum atomic E-state index is 13.7. The molecule has 0 aliphatic rings. The van der Waals surface area contributed by atoms with Gasteiger partial charge in [0.25, 0.3) is 0 Å². The van der Waals surface area contributed by atoms with Crippen LogP contribution in [0.25, 0.3) is 0 Å². The fourth-order valence-electron chi connectivity index (χ4n) is 5.10. The molecule has 0 aliphatic heterocycles. The van der Waals surface area contributed by atoms with Crippen LogP contribution in [0.3, 0.4) is 0 Å². The average Bonchev–Trinajstić information content (AvgIpc) is 3.66. The van der Waals surface area contributed by atoms with Gasteiger partial charge in [0.05, 0.1) is 25.5 Å². The summed E-state index contributed by atoms with van der Waals surface area (Å²) in [7, 11) is 0. The van der Waals surface area contributed by atoms with Crippen molar-refractivity contribution < 1.29 is 53.4 Å². The van der Waals surface area contributed by atoms with Crippen molar-refractivity contribution in [3.8, 4) is 0 Å². The van der Waals surface area contributed by atoms with Crippen LogP contribution >= 0.6 is 0 Å². The van der Waals surface area contributed by atoms with E-state index in [1.165, 1.54) is 12.5 Å². The van der Waals surface area contributed by atoms with Crippen LogP contribution in [0, 0.1) is 5.92 Å². The maximum absolute atomic E-state index is 13.7. The van der Waals surface area contributed by atoms with Gasteiger partial charge in [0, 0.05) is 37.7 Å². The second-order valence-electron chi connectivity index (χ2n) is 13.6. The van der Waals surface area contributed by atoms with E-state index in [4.69, 9.17) is 28.7 Å². The van der Waals surface area contributed by atoms with Gasteiger partial charge < -0.3 is 75.8 Å². The summed E-state index contributed by atoms with van der Waals surface area (Å²) in [5, 5.41) is 33.6. The van der Waals surface area contributed by atoms with Gasteiger partial charge in [0.1, 0.15) is 30.2 Å². The van der Waals surface area contributed by atoms with Crippen molar-refractivity contribution in [3.05, 3.63) is 18.2 Å². The molecule has 6 atom stereocenters. The number of aliphatic imine (C=N–C) groups is 1. The van der Waals surface area contributed by atoms with Gasteiger partial charge in [-0.05, 0) is 38.0 Å². The lowest BCUT2D eigenvalue weighted by Gasteiger charge is -2.27. The highest BCUT2D eigenvalue weighted by molar-refractivity contribution is 5.96. The number of H-pyrrole nitrogens is 1. The highest BCUT2D eigenvalue weighted by Crippen LogP contribution is 2.09. The number of aliphatic hydroxyl groups excluding tert-OH is 1. The molecule has 0 saturated heterocycles. The van der Waals surface area contributed by atoms with E-state index in [1.807, 2.05) is 0 Å². The van der Waals surface area contributed by atoms with E-state index in [1.54, 1.807) is 13.8 Å². The summed E-state index contributed by atoms with van der Waals surface area (Å²) in [6.07, 6.45) is 1.63. The minimum absolute atomic E-state index is 0.0194. The van der Waals surface area contributed by atoms with Gasteiger partial charge in [-0.2, -0.15) is 0 Å². The first-order valence-electron chi connectivity index (χ1n) is 18.2. The largest absolute Gasteiger partial charge is 0.480 e. The minimum Gasteiger partial charge on any atom is -0.480 e. The minimum atomic E-state index is -1.53. The number of nitrogens with two attached hydrogens (primary N) is 5. The molecule has 0 spiro atoms. The number of rotatable bonds is 28. The Morgan fingerprint density at radius 1 is 0.741 bits per heavy atom. The van der Waals surface area contributed by atoms with Gasteiger partial charge >= 0.3 is 5.97 Å². The molecule has 1 rings (SSSR count). The Balaban J connectivity index is 3.14. The molecule has 0 aliphatic carbocycles. The molecule has 0 unspecified atom stereocenters. The number of hydrogen-bond donors (Lipinski definition) is 14. The number of carbonyl (C=O) groups excluding carboxylic acids is 8. The normalized spacial score (nSPS) is 13.9. The Bertz CT molecular complexity index is 1600. The van der Waals surface area contributed by atoms with Gasteiger partial charge in [-0.1, -0.05) is 13.8 Å². The number of aromatic amines is 1. The second kappa shape index (κ2) is 25.7. The standard InChI is InChI=1S/C33H56N14O11/c1-16(2)10-21(30(55)44-19(6-8-25(36)50)29(54)45-20(32(57)58)4-3-9-40-33(37)38)46-31(56)22(11-17-12-39-15-42-17)43-26(51)13-41-28(53)23(14-48)47-27(52)18(34)5-7-24(35)49/h12,15-16,18-23,48H,3-11,13-14,34H2,1-2H3,(H2,35,49)(H2,36,50)(H,39,42)(H,41,53)(H,43,51)(H,44,55)(H,45,54)(H,46,56)(H,47,52)(H,57,58)(H4,37,38,40)/t18-,19-,20-,21-,22-,23-/m0/s1. The molecule has 1 aromatic heterocycles. The van der Waals surface area contributed by atoms with Crippen LogP contribution in [0.5, 0.6) is 0 Å². The number of guanidine groups is 1. The zero-order chi connectivity index (χ0) is 43.9. The molecule has 0 aromatic carbocycles. The van der Waals surface area contributed by atoms with Crippen LogP contribution in [0.4, 0.5) is 0 Å². The molecule has 1 aromatic rings. The van der Waals surface area contributed by atoms with Gasteiger partial charge in [0.2, 0.25) is 47.3 Å². The Hall–Kier alpha value is -6.37. The molecule has 1 heterocycles. The van der Waals surface area contributed by atoms with Gasteiger partial charge in [-0.25, -0.2) is 9.78 Å². The Labute approximate surface area is 333 Å². The number of carbonyl (C=O) groups is 9. The van der Waals surface area contributed by atoms with Gasteiger partial charge in [-0.15, -0.1) is 0 Å². The number of carboxylic acid groups (broad SMARTS) is 1. The molecule has 0 bridgehead atoms. The third-order valence-electron chi connectivity index (χ3n) is 8.12. The van der Waals surface area contributed by atoms with Crippen LogP contribution in [0.2, 0.25) is 0 Å². The van der Waals surface area contributed by atoms with Crippen molar-refractivity contribution in [2.45, 2.75) is 101 Å². The number of hydrogen-bond acceptors (Lipinski definition) is 13. The third kappa shape index (κ3) is 20.0. The van der Waals surface area contributed by atoms with Crippen LogP contribution in [-0.2, 0) is 49.6 Å². The van der Waals surface area contributed by atoms with Gasteiger partial charge in [0.15, 0.2) is 5.96 Å². The first-order chi connectivity index (χ1) is 27.2. The van der Waals surface area contributed by atoms with E-state index in [9.17, 15) is 53.4 Å². The van der Waals surface area contributed by atoms with Crippen molar-refractivity contribution in [3.63, 3.8) is 0 Å². The number of aromatic nitrogens is 2. The smallest absolute Gasteiger partial charge is 0.326 e. The molecule has 8 amide bonds. The molecular weight excluding hydrogens is 768 g/mol. The summed E-state index contributed by atoms with van der Waals surface area (Å²) in [6.45, 7) is 1.96. The van der Waals surface area contributed by atoms with Crippen molar-refractivity contribution in [1.82, 2.24) is 41.9 Å². The third-order valence-corrected chi connectivity index (χ3v) is 8.12. The van der Waals surface area contributed by atoms with E-state index in [0.29, 0.717) is 5.69 Å². The molecule has 0 radical (unpaired) electrons. The fourth-order valence-corrected chi connectivity index (χ4v) is 5.10. The number of nitrogens with one attached hydrogen (secondary N) is 7. The molecule has 324 valence electrons. The van der Waals surface area contributed by atoms with E-state index < -0.39 is 103 Å². The lowest BCUT2D eigenvalue weighted by molar-refractivity contribution is -0.142. The monoisotopic (exact) mass is 824 g/mol. The maximum Gasteiger partial charge on any atom is 0.326 e. The zero-order valence-corrected chi connectivity index (χ0v) is 32.3. The topological polar surface area (TPSA) is 437 Å². The molecule has 58 heavy (non-hydrogen) atoms. The number of imidazole rings is 1. The fraction of sp³-hybridized carbons (Fsp3) is 0.606. The van der Waals surface area contributed by atoms with Crippen molar-refractivity contribution >= 4 is 59.2 Å². The van der Waals surface area contributed by atoms with E-state index >= 15 is 0 Å². The summed E-state index contributed by atoms with van der Waals surface area (Å²) in [5.41, 5.74) is 27.0. The highest BCUT2D eigenvalue weighted by atomic mass is 16.4. The lowest BCUT2D eigenvalue weighted by Crippen LogP contribution is -2.59. The number of amides is 8. The molecule has 19 N–H and O–H groups in total. The van der Waals surface area contributed by atoms with Crippen molar-refractivity contribution in [1.29, 1.82) is 0 Å². The molecular formula is C33H56N14O11. The first-order valence-corrected chi connectivity index (χ1v) is 18.2. The SMILES string of the molecule is CC(C)C[C@H](NC(=O)[C@H](Cc1cnc[nH]1)NC(=O)CNC(=O)[C@H](CO)NC(=O)[C@@H](N)CCC(N)=O)C(=O)N[C@@H](CCC(N)=O)C(=O)N[C@@H](CCCN=C(N)N)C(=O)O. The zero-order valence-electron chi connectivity index (χ0n) is 32.3. The number of aliphatic carboxylic acids is 1. The predicted octanol–water partition coefficient (Wildman–Crippen LogP) is -6.47. The Morgan fingerprint density at radius 3 is 1.86 bits per heavy atom.